The van der Waals surface area contributed by atoms with E-state index in [4.69, 9.17) is 0 Å². The lowest BCUT2D eigenvalue weighted by atomic mass is 10.0. The molecule has 2 aromatic carbocycles. The molecule has 100 valence electrons. The lowest BCUT2D eigenvalue weighted by Crippen LogP contribution is -1.97. The van der Waals surface area contributed by atoms with Crippen LogP contribution < -0.4 is 0 Å². The number of hydrogen-bond donors (Lipinski definition) is 0. The van der Waals surface area contributed by atoms with Gasteiger partial charge in [-0.25, -0.2) is 0 Å². The lowest BCUT2D eigenvalue weighted by Gasteiger charge is -2.02. The Morgan fingerprint density at radius 1 is 0.750 bits per heavy atom. The van der Waals surface area contributed by atoms with Crippen molar-refractivity contribution < 1.29 is 9.59 Å². The molecule has 0 heterocycles. The second-order valence-corrected chi connectivity index (χ2v) is 4.42. The molecule has 0 amide bonds. The van der Waals surface area contributed by atoms with Gasteiger partial charge in [0.15, 0.2) is 11.6 Å². The molecule has 0 aliphatic rings. The van der Waals surface area contributed by atoms with E-state index in [1.807, 2.05) is 30.3 Å². The molecule has 0 atom stereocenters. The first-order chi connectivity index (χ1) is 9.56. The van der Waals surface area contributed by atoms with E-state index in [0.717, 1.165) is 0 Å². The zero-order chi connectivity index (χ0) is 14.5. The number of carbonyl (C=O) groups is 2. The molecule has 0 aromatic heterocycles. The first kappa shape index (κ1) is 13.8. The summed E-state index contributed by atoms with van der Waals surface area (Å²) in [5, 5.41) is 8.16. The van der Waals surface area contributed by atoms with Crippen LogP contribution in [0.15, 0.2) is 58.8 Å². The summed E-state index contributed by atoms with van der Waals surface area (Å²) in [6.07, 6.45) is 0. The molecule has 0 N–H and O–H groups in total. The fourth-order valence-electron chi connectivity index (χ4n) is 1.69. The molecular formula is C16H14N2O2. The summed E-state index contributed by atoms with van der Waals surface area (Å²) in [5.41, 5.74) is 2.12. The molecule has 20 heavy (non-hydrogen) atoms. The Bertz CT molecular complexity index is 644. The van der Waals surface area contributed by atoms with E-state index in [9.17, 15) is 9.59 Å². The van der Waals surface area contributed by atoms with Gasteiger partial charge in [0.05, 0.1) is 11.4 Å². The van der Waals surface area contributed by atoms with Crippen molar-refractivity contribution in [2.24, 2.45) is 10.2 Å². The molecule has 2 aromatic rings. The first-order valence-electron chi connectivity index (χ1n) is 6.20. The number of azo groups is 1. The average molecular weight is 266 g/mol. The average Bonchev–Trinajstić information content (AvgIpc) is 2.45. The van der Waals surface area contributed by atoms with Crippen LogP contribution in [0, 0.1) is 0 Å². The van der Waals surface area contributed by atoms with Crippen molar-refractivity contribution in [3.63, 3.8) is 0 Å². The third-order valence-electron chi connectivity index (χ3n) is 2.77. The maximum absolute atomic E-state index is 11.5. The van der Waals surface area contributed by atoms with Crippen molar-refractivity contribution in [2.45, 2.75) is 13.8 Å². The highest BCUT2D eigenvalue weighted by molar-refractivity contribution is 6.00. The topological polar surface area (TPSA) is 58.9 Å². The van der Waals surface area contributed by atoms with Gasteiger partial charge in [0.2, 0.25) is 0 Å². The number of rotatable bonds is 4. The highest BCUT2D eigenvalue weighted by Gasteiger charge is 2.07. The molecule has 0 aliphatic heterocycles. The van der Waals surface area contributed by atoms with E-state index in [1.165, 1.54) is 13.8 Å². The number of benzene rings is 2. The van der Waals surface area contributed by atoms with Crippen molar-refractivity contribution in [3.05, 3.63) is 59.7 Å². The largest absolute Gasteiger partial charge is 0.295 e. The van der Waals surface area contributed by atoms with Crippen LogP contribution in [-0.2, 0) is 0 Å². The van der Waals surface area contributed by atoms with Gasteiger partial charge in [-0.1, -0.05) is 18.2 Å². The quantitative estimate of drug-likeness (QED) is 0.604. The highest BCUT2D eigenvalue weighted by atomic mass is 16.1. The standard InChI is InChI=1S/C16H14N2O2/c1-11(19)13-8-14(12(2)20)10-16(9-13)18-17-15-6-4-3-5-7-15/h3-10H,1-2H3. The number of Topliss-reactive ketones (excluding diaryl/α,β-unsaturated/α-hetero) is 2. The molecule has 0 aliphatic carbocycles. The molecule has 4 heteroatoms. The van der Waals surface area contributed by atoms with Gasteiger partial charge in [-0.3, -0.25) is 9.59 Å². The van der Waals surface area contributed by atoms with Crippen LogP contribution in [-0.4, -0.2) is 11.6 Å². The summed E-state index contributed by atoms with van der Waals surface area (Å²) >= 11 is 0. The molecule has 0 spiro atoms. The Balaban J connectivity index is 2.38. The van der Waals surface area contributed by atoms with Gasteiger partial charge >= 0.3 is 0 Å². The van der Waals surface area contributed by atoms with Gasteiger partial charge < -0.3 is 0 Å². The van der Waals surface area contributed by atoms with Crippen LogP contribution in [0.2, 0.25) is 0 Å². The van der Waals surface area contributed by atoms with Crippen LogP contribution in [0.3, 0.4) is 0 Å². The minimum absolute atomic E-state index is 0.107. The second kappa shape index (κ2) is 6.02. The Morgan fingerprint density at radius 2 is 1.25 bits per heavy atom. The Morgan fingerprint density at radius 3 is 1.75 bits per heavy atom. The summed E-state index contributed by atoms with van der Waals surface area (Å²) in [5.74, 6) is -0.214. The van der Waals surface area contributed by atoms with Crippen molar-refractivity contribution >= 4 is 22.9 Å². The van der Waals surface area contributed by atoms with Crippen LogP contribution in [0.5, 0.6) is 0 Å². The predicted molar refractivity (Wildman–Crippen MR) is 77.1 cm³/mol. The third-order valence-corrected chi connectivity index (χ3v) is 2.77. The van der Waals surface area contributed by atoms with Crippen LogP contribution in [0.1, 0.15) is 34.6 Å². The van der Waals surface area contributed by atoms with Gasteiger partial charge in [-0.15, -0.1) is 0 Å². The molecule has 0 unspecified atom stereocenters. The number of carbonyl (C=O) groups excluding carboxylic acids is 2. The van der Waals surface area contributed by atoms with Crippen LogP contribution in [0.4, 0.5) is 11.4 Å². The van der Waals surface area contributed by atoms with Crippen molar-refractivity contribution in [1.29, 1.82) is 0 Å². The van der Waals surface area contributed by atoms with Gasteiger partial charge in [0.25, 0.3) is 0 Å². The van der Waals surface area contributed by atoms with E-state index < -0.39 is 0 Å². The molecule has 0 fully saturated rings. The van der Waals surface area contributed by atoms with Crippen molar-refractivity contribution in [3.8, 4) is 0 Å². The number of ketones is 2. The Hall–Kier alpha value is -2.62. The molecule has 0 saturated heterocycles. The summed E-state index contributed by atoms with van der Waals surface area (Å²) in [6, 6.07) is 14.1. The predicted octanol–water partition coefficient (Wildman–Crippen LogP) is 4.51. The maximum Gasteiger partial charge on any atom is 0.159 e. The van der Waals surface area contributed by atoms with E-state index in [0.29, 0.717) is 22.5 Å². The highest BCUT2D eigenvalue weighted by Crippen LogP contribution is 2.22. The van der Waals surface area contributed by atoms with Gasteiger partial charge in [0, 0.05) is 11.1 Å². The molecular weight excluding hydrogens is 252 g/mol. The molecule has 2 rings (SSSR count). The summed E-state index contributed by atoms with van der Waals surface area (Å²) < 4.78 is 0. The maximum atomic E-state index is 11.5. The fourth-order valence-corrected chi connectivity index (χ4v) is 1.69. The second-order valence-electron chi connectivity index (χ2n) is 4.42. The monoisotopic (exact) mass is 266 g/mol. The van der Waals surface area contributed by atoms with Crippen molar-refractivity contribution in [1.82, 2.24) is 0 Å². The fraction of sp³-hybridized carbons (Fsp3) is 0.125. The first-order valence-corrected chi connectivity index (χ1v) is 6.20. The minimum Gasteiger partial charge on any atom is -0.295 e. The zero-order valence-corrected chi connectivity index (χ0v) is 11.3. The van der Waals surface area contributed by atoms with Gasteiger partial charge in [0.1, 0.15) is 0 Å². The lowest BCUT2D eigenvalue weighted by molar-refractivity contribution is 0.101. The Kier molecular flexibility index (Phi) is 4.15. The van der Waals surface area contributed by atoms with Gasteiger partial charge in [-0.05, 0) is 44.2 Å². The van der Waals surface area contributed by atoms with Gasteiger partial charge in [-0.2, -0.15) is 10.2 Å². The van der Waals surface area contributed by atoms with Crippen LogP contribution >= 0.6 is 0 Å². The van der Waals surface area contributed by atoms with E-state index >= 15 is 0 Å². The summed E-state index contributed by atoms with van der Waals surface area (Å²) in [7, 11) is 0. The normalized spacial score (nSPS) is 10.7. The third kappa shape index (κ3) is 3.45. The summed E-state index contributed by atoms with van der Waals surface area (Å²) in [4.78, 5) is 22.9. The number of nitrogens with zero attached hydrogens (tertiary/aromatic N) is 2. The SMILES string of the molecule is CC(=O)c1cc(N=Nc2ccccc2)cc(C(C)=O)c1. The molecule has 0 saturated carbocycles. The molecule has 0 bridgehead atoms. The van der Waals surface area contributed by atoms with E-state index in [-0.39, 0.29) is 11.6 Å². The minimum atomic E-state index is -0.107. The summed E-state index contributed by atoms with van der Waals surface area (Å²) in [6.45, 7) is 2.91. The number of hydrogen-bond acceptors (Lipinski definition) is 4. The molecule has 0 radical (unpaired) electrons. The van der Waals surface area contributed by atoms with Crippen molar-refractivity contribution in [2.75, 3.05) is 0 Å². The smallest absolute Gasteiger partial charge is 0.159 e. The Labute approximate surface area is 117 Å². The van der Waals surface area contributed by atoms with E-state index in [2.05, 4.69) is 10.2 Å². The zero-order valence-electron chi connectivity index (χ0n) is 11.3. The van der Waals surface area contributed by atoms with E-state index in [1.54, 1.807) is 18.2 Å². The molecule has 4 nitrogen and oxygen atoms in total. The van der Waals surface area contributed by atoms with Crippen LogP contribution in [0.25, 0.3) is 0 Å².